The Morgan fingerprint density at radius 3 is 2.47 bits per heavy atom. The minimum atomic E-state index is -3.84. The first-order valence-electron chi connectivity index (χ1n) is 5.77. The average Bonchev–Trinajstić information content (AvgIpc) is 2.67. The highest BCUT2D eigenvalue weighted by atomic mass is 32.2. The van der Waals surface area contributed by atoms with E-state index in [-0.39, 0.29) is 29.2 Å². The molecule has 8 heteroatoms. The van der Waals surface area contributed by atoms with Crippen molar-refractivity contribution in [1.29, 1.82) is 0 Å². The first-order valence-corrected chi connectivity index (χ1v) is 7.32. The lowest BCUT2D eigenvalue weighted by Crippen LogP contribution is -2.41. The SMILES string of the molecule is CC(C)C(CO)NC(=O)c1cc(S(N)(=O)=O)cn1C. The lowest BCUT2D eigenvalue weighted by molar-refractivity contribution is 0.0888. The molecule has 0 bridgehead atoms. The summed E-state index contributed by atoms with van der Waals surface area (Å²) in [4.78, 5) is 11.9. The lowest BCUT2D eigenvalue weighted by atomic mass is 10.1. The second kappa shape index (κ2) is 5.72. The summed E-state index contributed by atoms with van der Waals surface area (Å²) in [7, 11) is -2.29. The number of aryl methyl sites for hydroxylation is 1. The predicted molar refractivity (Wildman–Crippen MR) is 70.0 cm³/mol. The molecular formula is C11H19N3O4S. The summed E-state index contributed by atoms with van der Waals surface area (Å²) in [6.45, 7) is 3.54. The smallest absolute Gasteiger partial charge is 0.268 e. The molecule has 19 heavy (non-hydrogen) atoms. The van der Waals surface area contributed by atoms with E-state index < -0.39 is 15.9 Å². The first-order chi connectivity index (χ1) is 8.66. The van der Waals surface area contributed by atoms with Crippen LogP contribution in [-0.2, 0) is 17.1 Å². The van der Waals surface area contributed by atoms with Crippen LogP contribution in [0.3, 0.4) is 0 Å². The van der Waals surface area contributed by atoms with Crippen LogP contribution in [0.15, 0.2) is 17.2 Å². The van der Waals surface area contributed by atoms with Gasteiger partial charge in [-0.15, -0.1) is 0 Å². The van der Waals surface area contributed by atoms with Crippen LogP contribution in [0.1, 0.15) is 24.3 Å². The van der Waals surface area contributed by atoms with Gasteiger partial charge in [0.15, 0.2) is 0 Å². The second-order valence-corrected chi connectivity index (χ2v) is 6.28. The maximum absolute atomic E-state index is 12.0. The maximum Gasteiger partial charge on any atom is 0.268 e. The number of aliphatic hydroxyl groups excluding tert-OH is 1. The number of carbonyl (C=O) groups is 1. The summed E-state index contributed by atoms with van der Waals surface area (Å²) in [6.07, 6.45) is 1.27. The standard InChI is InChI=1S/C11H19N3O4S/c1-7(2)9(6-15)13-11(16)10-4-8(5-14(10)3)19(12,17)18/h4-5,7,9,15H,6H2,1-3H3,(H,13,16)(H2,12,17,18). The van der Waals surface area contributed by atoms with Crippen LogP contribution < -0.4 is 10.5 Å². The molecular weight excluding hydrogens is 270 g/mol. The van der Waals surface area contributed by atoms with Crippen LogP contribution in [-0.4, -0.2) is 36.6 Å². The van der Waals surface area contributed by atoms with Crippen molar-refractivity contribution in [2.24, 2.45) is 18.1 Å². The van der Waals surface area contributed by atoms with Gasteiger partial charge in [-0.05, 0) is 12.0 Å². The minimum absolute atomic E-state index is 0.0620. The van der Waals surface area contributed by atoms with Crippen molar-refractivity contribution in [3.05, 3.63) is 18.0 Å². The summed E-state index contributed by atoms with van der Waals surface area (Å²) in [5.41, 5.74) is 0.170. The first kappa shape index (κ1) is 15.7. The van der Waals surface area contributed by atoms with Gasteiger partial charge in [0, 0.05) is 13.2 Å². The fraction of sp³-hybridized carbons (Fsp3) is 0.545. The van der Waals surface area contributed by atoms with Crippen molar-refractivity contribution in [2.45, 2.75) is 24.8 Å². The molecule has 0 aromatic carbocycles. The highest BCUT2D eigenvalue weighted by molar-refractivity contribution is 7.89. The molecule has 4 N–H and O–H groups in total. The van der Waals surface area contributed by atoms with E-state index in [0.29, 0.717) is 0 Å². The number of nitrogens with two attached hydrogens (primary N) is 1. The second-order valence-electron chi connectivity index (χ2n) is 4.72. The molecule has 0 aliphatic carbocycles. The summed E-state index contributed by atoms with van der Waals surface area (Å²) in [6, 6.07) is 0.819. The summed E-state index contributed by atoms with van der Waals surface area (Å²) in [5, 5.41) is 16.8. The monoisotopic (exact) mass is 289 g/mol. The Hall–Kier alpha value is -1.38. The fourth-order valence-electron chi connectivity index (χ4n) is 1.58. The number of hydrogen-bond acceptors (Lipinski definition) is 4. The minimum Gasteiger partial charge on any atom is -0.394 e. The van der Waals surface area contributed by atoms with Crippen LogP contribution >= 0.6 is 0 Å². The Morgan fingerprint density at radius 1 is 1.53 bits per heavy atom. The molecule has 1 amide bonds. The quantitative estimate of drug-likeness (QED) is 0.672. The Balaban J connectivity index is 2.98. The molecule has 1 aromatic heterocycles. The zero-order valence-electron chi connectivity index (χ0n) is 11.1. The van der Waals surface area contributed by atoms with Gasteiger partial charge in [0.2, 0.25) is 10.0 Å². The number of primary sulfonamides is 1. The van der Waals surface area contributed by atoms with Crippen LogP contribution in [0.2, 0.25) is 0 Å². The van der Waals surface area contributed by atoms with Crippen LogP contribution in [0.25, 0.3) is 0 Å². The molecule has 1 atom stereocenters. The number of nitrogens with one attached hydrogen (secondary N) is 1. The molecule has 0 saturated heterocycles. The zero-order valence-corrected chi connectivity index (χ0v) is 11.9. The van der Waals surface area contributed by atoms with Gasteiger partial charge in [-0.25, -0.2) is 13.6 Å². The van der Waals surface area contributed by atoms with Crippen molar-refractivity contribution in [3.8, 4) is 0 Å². The van der Waals surface area contributed by atoms with Crippen molar-refractivity contribution in [1.82, 2.24) is 9.88 Å². The molecule has 0 spiro atoms. The highest BCUT2D eigenvalue weighted by Crippen LogP contribution is 2.12. The molecule has 1 heterocycles. The number of hydrogen-bond donors (Lipinski definition) is 3. The Labute approximate surface area is 112 Å². The van der Waals surface area contributed by atoms with Crippen LogP contribution in [0, 0.1) is 5.92 Å². The van der Waals surface area contributed by atoms with Crippen molar-refractivity contribution in [2.75, 3.05) is 6.61 Å². The van der Waals surface area contributed by atoms with E-state index in [1.54, 1.807) is 7.05 Å². The number of rotatable bonds is 5. The number of amides is 1. The normalized spacial score (nSPS) is 13.6. The van der Waals surface area contributed by atoms with E-state index in [0.717, 1.165) is 0 Å². The number of aliphatic hydroxyl groups is 1. The molecule has 0 saturated carbocycles. The molecule has 1 unspecified atom stereocenters. The van der Waals surface area contributed by atoms with Crippen molar-refractivity contribution in [3.63, 3.8) is 0 Å². The van der Waals surface area contributed by atoms with Gasteiger partial charge in [0.05, 0.1) is 12.6 Å². The van der Waals surface area contributed by atoms with Gasteiger partial charge in [-0.2, -0.15) is 0 Å². The van der Waals surface area contributed by atoms with Gasteiger partial charge in [0.1, 0.15) is 10.6 Å². The Kier molecular flexibility index (Phi) is 4.72. The topological polar surface area (TPSA) is 114 Å². The maximum atomic E-state index is 12.0. The summed E-state index contributed by atoms with van der Waals surface area (Å²) in [5.74, 6) is -0.392. The molecule has 7 nitrogen and oxygen atoms in total. The molecule has 1 rings (SSSR count). The van der Waals surface area contributed by atoms with Gasteiger partial charge in [0.25, 0.3) is 5.91 Å². The molecule has 0 aliphatic heterocycles. The number of aromatic nitrogens is 1. The molecule has 0 aliphatic rings. The summed E-state index contributed by atoms with van der Waals surface area (Å²) >= 11 is 0. The highest BCUT2D eigenvalue weighted by Gasteiger charge is 2.21. The molecule has 0 radical (unpaired) electrons. The van der Waals surface area contributed by atoms with Crippen molar-refractivity contribution < 1.29 is 18.3 Å². The molecule has 0 fully saturated rings. The van der Waals surface area contributed by atoms with Gasteiger partial charge >= 0.3 is 0 Å². The van der Waals surface area contributed by atoms with E-state index in [1.807, 2.05) is 13.8 Å². The van der Waals surface area contributed by atoms with Crippen molar-refractivity contribution >= 4 is 15.9 Å². The van der Waals surface area contributed by atoms with E-state index in [1.165, 1.54) is 16.8 Å². The van der Waals surface area contributed by atoms with Crippen LogP contribution in [0.5, 0.6) is 0 Å². The average molecular weight is 289 g/mol. The zero-order chi connectivity index (χ0) is 14.8. The number of nitrogens with zero attached hydrogens (tertiary/aromatic N) is 1. The Bertz CT molecular complexity index is 562. The third-order valence-corrected chi connectivity index (χ3v) is 3.74. The fourth-order valence-corrected chi connectivity index (χ4v) is 2.16. The third-order valence-electron chi connectivity index (χ3n) is 2.86. The van der Waals surface area contributed by atoms with E-state index in [2.05, 4.69) is 5.32 Å². The van der Waals surface area contributed by atoms with Gasteiger partial charge in [-0.3, -0.25) is 4.79 Å². The lowest BCUT2D eigenvalue weighted by Gasteiger charge is -2.19. The van der Waals surface area contributed by atoms with Gasteiger partial charge in [-0.1, -0.05) is 13.8 Å². The van der Waals surface area contributed by atoms with E-state index in [9.17, 15) is 13.2 Å². The number of carbonyl (C=O) groups excluding carboxylic acids is 1. The molecule has 108 valence electrons. The van der Waals surface area contributed by atoms with E-state index in [4.69, 9.17) is 10.2 Å². The Morgan fingerprint density at radius 2 is 2.11 bits per heavy atom. The van der Waals surface area contributed by atoms with Crippen LogP contribution in [0.4, 0.5) is 0 Å². The van der Waals surface area contributed by atoms with Gasteiger partial charge < -0.3 is 15.0 Å². The number of sulfonamides is 1. The van der Waals surface area contributed by atoms with E-state index >= 15 is 0 Å². The largest absolute Gasteiger partial charge is 0.394 e. The molecule has 1 aromatic rings. The predicted octanol–water partition coefficient (Wildman–Crippen LogP) is -0.581. The summed E-state index contributed by atoms with van der Waals surface area (Å²) < 4.78 is 23.8. The third kappa shape index (κ3) is 3.79.